The van der Waals surface area contributed by atoms with Gasteiger partial charge in [-0.15, -0.1) is 0 Å². The number of benzene rings is 1. The summed E-state index contributed by atoms with van der Waals surface area (Å²) in [4.78, 5) is 0. The van der Waals surface area contributed by atoms with Crippen molar-refractivity contribution in [1.82, 2.24) is 9.88 Å². The van der Waals surface area contributed by atoms with Crippen molar-refractivity contribution in [3.05, 3.63) is 36.0 Å². The number of aromatic nitrogens is 1. The van der Waals surface area contributed by atoms with Gasteiger partial charge in [-0.2, -0.15) is 0 Å². The second kappa shape index (κ2) is 4.75. The molecule has 1 saturated heterocycles. The first-order valence-electron chi connectivity index (χ1n) is 6.76. The van der Waals surface area contributed by atoms with Crippen LogP contribution >= 0.6 is 0 Å². The molecule has 1 aromatic carbocycles. The molecule has 0 spiro atoms. The summed E-state index contributed by atoms with van der Waals surface area (Å²) < 4.78 is 2.22. The zero-order valence-corrected chi connectivity index (χ0v) is 10.9. The maximum atomic E-state index is 5.85. The first kappa shape index (κ1) is 11.8. The minimum atomic E-state index is 0.542. The van der Waals surface area contributed by atoms with Crippen LogP contribution in [0.3, 0.4) is 0 Å². The predicted octanol–water partition coefficient (Wildman–Crippen LogP) is 1.66. The summed E-state index contributed by atoms with van der Waals surface area (Å²) in [7, 11) is 2.12. The Kier molecular flexibility index (Phi) is 3.10. The van der Waals surface area contributed by atoms with Crippen LogP contribution in [0.1, 0.15) is 12.0 Å². The Morgan fingerprint density at radius 1 is 1.39 bits per heavy atom. The lowest BCUT2D eigenvalue weighted by Gasteiger charge is -2.17. The zero-order chi connectivity index (χ0) is 12.5. The first-order valence-corrected chi connectivity index (χ1v) is 6.76. The summed E-state index contributed by atoms with van der Waals surface area (Å²) in [6.45, 7) is 1.90. The molecule has 2 atom stereocenters. The molecular formula is C15H21N3. The summed E-state index contributed by atoms with van der Waals surface area (Å²) in [5, 5.41) is 4.97. The van der Waals surface area contributed by atoms with Crippen molar-refractivity contribution in [1.29, 1.82) is 0 Å². The summed E-state index contributed by atoms with van der Waals surface area (Å²) in [5.41, 5.74) is 8.60. The molecule has 3 N–H and O–H groups in total. The lowest BCUT2D eigenvalue weighted by atomic mass is 9.95. The van der Waals surface area contributed by atoms with Crippen LogP contribution in [0.2, 0.25) is 0 Å². The second-order valence-corrected chi connectivity index (χ2v) is 5.33. The number of fused-ring (bicyclic) bond motifs is 1. The van der Waals surface area contributed by atoms with E-state index in [1.165, 1.54) is 22.9 Å². The Balaban J connectivity index is 1.91. The highest BCUT2D eigenvalue weighted by molar-refractivity contribution is 5.83. The van der Waals surface area contributed by atoms with Crippen LogP contribution in [-0.2, 0) is 13.5 Å². The Morgan fingerprint density at radius 2 is 2.22 bits per heavy atom. The fourth-order valence-corrected chi connectivity index (χ4v) is 3.17. The van der Waals surface area contributed by atoms with Crippen LogP contribution in [0.25, 0.3) is 10.9 Å². The monoisotopic (exact) mass is 243 g/mol. The quantitative estimate of drug-likeness (QED) is 0.861. The van der Waals surface area contributed by atoms with E-state index in [4.69, 9.17) is 5.73 Å². The lowest BCUT2D eigenvalue weighted by Crippen LogP contribution is -2.32. The number of nitrogens with zero attached hydrogens (tertiary/aromatic N) is 1. The van der Waals surface area contributed by atoms with E-state index in [9.17, 15) is 0 Å². The van der Waals surface area contributed by atoms with Gasteiger partial charge in [0.25, 0.3) is 0 Å². The van der Waals surface area contributed by atoms with Crippen molar-refractivity contribution < 1.29 is 0 Å². The molecule has 0 aliphatic carbocycles. The molecule has 0 saturated carbocycles. The third kappa shape index (κ3) is 1.93. The molecule has 96 valence electrons. The number of para-hydroxylation sites is 1. The van der Waals surface area contributed by atoms with Crippen molar-refractivity contribution in [2.45, 2.75) is 18.9 Å². The highest BCUT2D eigenvalue weighted by atomic mass is 15.0. The van der Waals surface area contributed by atoms with E-state index >= 15 is 0 Å². The van der Waals surface area contributed by atoms with E-state index in [1.807, 2.05) is 0 Å². The van der Waals surface area contributed by atoms with Crippen molar-refractivity contribution in [2.24, 2.45) is 18.7 Å². The van der Waals surface area contributed by atoms with Gasteiger partial charge in [-0.25, -0.2) is 0 Å². The average Bonchev–Trinajstić information content (AvgIpc) is 2.96. The molecule has 1 aromatic heterocycles. The van der Waals surface area contributed by atoms with Gasteiger partial charge in [0, 0.05) is 30.2 Å². The number of hydrogen-bond donors (Lipinski definition) is 2. The Bertz CT molecular complexity index is 544. The summed E-state index contributed by atoms with van der Waals surface area (Å²) in [6.07, 6.45) is 4.56. The highest BCUT2D eigenvalue weighted by Gasteiger charge is 2.26. The maximum absolute atomic E-state index is 5.85. The molecule has 3 heteroatoms. The van der Waals surface area contributed by atoms with E-state index in [1.54, 1.807) is 0 Å². The van der Waals surface area contributed by atoms with E-state index in [0.717, 1.165) is 19.5 Å². The van der Waals surface area contributed by atoms with Gasteiger partial charge in [0.05, 0.1) is 0 Å². The van der Waals surface area contributed by atoms with E-state index < -0.39 is 0 Å². The fourth-order valence-electron chi connectivity index (χ4n) is 3.17. The lowest BCUT2D eigenvalue weighted by molar-refractivity contribution is 0.454. The van der Waals surface area contributed by atoms with Crippen molar-refractivity contribution in [3.8, 4) is 0 Å². The van der Waals surface area contributed by atoms with Crippen LogP contribution in [-0.4, -0.2) is 23.7 Å². The molecule has 2 unspecified atom stereocenters. The van der Waals surface area contributed by atoms with Gasteiger partial charge in [-0.1, -0.05) is 18.2 Å². The Morgan fingerprint density at radius 3 is 3.06 bits per heavy atom. The maximum Gasteiger partial charge on any atom is 0.0480 e. The number of nitrogens with one attached hydrogen (secondary N) is 1. The summed E-state index contributed by atoms with van der Waals surface area (Å²) >= 11 is 0. The number of hydrogen-bond acceptors (Lipinski definition) is 2. The summed E-state index contributed by atoms with van der Waals surface area (Å²) in [5.74, 6) is 0.629. The molecular weight excluding hydrogens is 222 g/mol. The topological polar surface area (TPSA) is 43.0 Å². The minimum absolute atomic E-state index is 0.542. The largest absolute Gasteiger partial charge is 0.350 e. The SMILES string of the molecule is Cn1cc(CC2NCCC2CN)c2ccccc21. The molecule has 18 heavy (non-hydrogen) atoms. The van der Waals surface area contributed by atoms with E-state index in [2.05, 4.69) is 47.4 Å². The fraction of sp³-hybridized carbons (Fsp3) is 0.467. The van der Waals surface area contributed by atoms with Crippen molar-refractivity contribution in [3.63, 3.8) is 0 Å². The molecule has 0 amide bonds. The third-order valence-electron chi connectivity index (χ3n) is 4.21. The standard InChI is InChI=1S/C15H21N3/c1-18-10-12(13-4-2-3-5-15(13)18)8-14-11(9-16)6-7-17-14/h2-5,10-11,14,17H,6-9,16H2,1H3. The van der Waals surface area contributed by atoms with E-state index in [-0.39, 0.29) is 0 Å². The molecule has 1 fully saturated rings. The highest BCUT2D eigenvalue weighted by Crippen LogP contribution is 2.25. The number of aryl methyl sites for hydroxylation is 1. The van der Waals surface area contributed by atoms with Crippen LogP contribution in [0, 0.1) is 5.92 Å². The van der Waals surface area contributed by atoms with Crippen molar-refractivity contribution in [2.75, 3.05) is 13.1 Å². The third-order valence-corrected chi connectivity index (χ3v) is 4.21. The molecule has 0 radical (unpaired) electrons. The Labute approximate surface area is 108 Å². The smallest absolute Gasteiger partial charge is 0.0480 e. The number of nitrogens with two attached hydrogens (primary N) is 1. The van der Waals surface area contributed by atoms with Gasteiger partial charge < -0.3 is 15.6 Å². The van der Waals surface area contributed by atoms with Crippen LogP contribution in [0.4, 0.5) is 0 Å². The van der Waals surface area contributed by atoms with Gasteiger partial charge in [-0.3, -0.25) is 0 Å². The van der Waals surface area contributed by atoms with Gasteiger partial charge in [0.2, 0.25) is 0 Å². The first-order chi connectivity index (χ1) is 8.79. The predicted molar refractivity (Wildman–Crippen MR) is 75.6 cm³/mol. The minimum Gasteiger partial charge on any atom is -0.350 e. The van der Waals surface area contributed by atoms with Gasteiger partial charge in [0.15, 0.2) is 0 Å². The van der Waals surface area contributed by atoms with Gasteiger partial charge in [0.1, 0.15) is 0 Å². The molecule has 3 rings (SSSR count). The molecule has 0 bridgehead atoms. The Hall–Kier alpha value is -1.32. The molecule has 2 aromatic rings. The molecule has 1 aliphatic rings. The molecule has 2 heterocycles. The second-order valence-electron chi connectivity index (χ2n) is 5.33. The molecule has 1 aliphatic heterocycles. The van der Waals surface area contributed by atoms with Crippen molar-refractivity contribution >= 4 is 10.9 Å². The van der Waals surface area contributed by atoms with Crippen LogP contribution < -0.4 is 11.1 Å². The van der Waals surface area contributed by atoms with E-state index in [0.29, 0.717) is 12.0 Å². The molecule has 3 nitrogen and oxygen atoms in total. The van der Waals surface area contributed by atoms with Crippen LogP contribution in [0.15, 0.2) is 30.5 Å². The summed E-state index contributed by atoms with van der Waals surface area (Å²) in [6, 6.07) is 9.16. The zero-order valence-electron chi connectivity index (χ0n) is 10.9. The normalized spacial score (nSPS) is 23.9. The number of rotatable bonds is 3. The average molecular weight is 243 g/mol. The van der Waals surface area contributed by atoms with Crippen LogP contribution in [0.5, 0.6) is 0 Å². The van der Waals surface area contributed by atoms with Gasteiger partial charge in [-0.05, 0) is 43.5 Å². The van der Waals surface area contributed by atoms with Gasteiger partial charge >= 0.3 is 0 Å².